The van der Waals surface area contributed by atoms with Crippen LogP contribution in [0, 0.1) is 16.0 Å². The number of hydrogen-bond donors (Lipinski definition) is 0. The fourth-order valence-corrected chi connectivity index (χ4v) is 3.00. The van der Waals surface area contributed by atoms with Crippen molar-refractivity contribution in [2.75, 3.05) is 0 Å². The highest BCUT2D eigenvalue weighted by molar-refractivity contribution is 6.31. The molecule has 0 amide bonds. The molecular formula is C15H18ClNO4. The number of hydrogen-bond acceptors (Lipinski definition) is 4. The average molecular weight is 312 g/mol. The van der Waals surface area contributed by atoms with Gasteiger partial charge in [0.05, 0.1) is 4.92 Å². The number of rotatable bonds is 4. The highest BCUT2D eigenvalue weighted by Gasteiger charge is 2.30. The van der Waals surface area contributed by atoms with E-state index in [1.807, 2.05) is 0 Å². The zero-order chi connectivity index (χ0) is 15.4. The Morgan fingerprint density at radius 2 is 2.14 bits per heavy atom. The Bertz CT molecular complexity index is 546. The predicted octanol–water partition coefficient (Wildman–Crippen LogP) is 4.37. The Morgan fingerprint density at radius 1 is 1.43 bits per heavy atom. The summed E-state index contributed by atoms with van der Waals surface area (Å²) in [6, 6.07) is 3.93. The largest absolute Gasteiger partial charge is 0.458 e. The van der Waals surface area contributed by atoms with Crippen LogP contribution in [0.3, 0.4) is 0 Å². The maximum atomic E-state index is 12.3. The van der Waals surface area contributed by atoms with Crippen molar-refractivity contribution in [1.29, 1.82) is 0 Å². The zero-order valence-corrected chi connectivity index (χ0v) is 12.6. The number of carbonyl (C=O) groups is 1. The summed E-state index contributed by atoms with van der Waals surface area (Å²) in [5, 5.41) is 11.3. The molecule has 1 aliphatic carbocycles. The van der Waals surface area contributed by atoms with Crippen molar-refractivity contribution in [3.05, 3.63) is 38.9 Å². The molecule has 21 heavy (non-hydrogen) atoms. The molecule has 0 aromatic heterocycles. The first-order valence-electron chi connectivity index (χ1n) is 7.17. The number of carbonyl (C=O) groups excluding carboxylic acids is 1. The van der Waals surface area contributed by atoms with Crippen LogP contribution in [0.15, 0.2) is 18.2 Å². The van der Waals surface area contributed by atoms with Crippen LogP contribution in [-0.4, -0.2) is 17.0 Å². The molecule has 0 saturated heterocycles. The minimum atomic E-state index is -0.658. The summed E-state index contributed by atoms with van der Waals surface area (Å²) in [5.74, 6) is -0.324. The summed E-state index contributed by atoms with van der Waals surface area (Å²) >= 11 is 5.83. The molecule has 1 aliphatic rings. The second-order valence-corrected chi connectivity index (χ2v) is 5.75. The molecule has 5 nitrogen and oxygen atoms in total. The van der Waals surface area contributed by atoms with Gasteiger partial charge in [-0.15, -0.1) is 0 Å². The van der Waals surface area contributed by atoms with Gasteiger partial charge in [0.2, 0.25) is 0 Å². The normalized spacial score (nSPS) is 21.8. The van der Waals surface area contributed by atoms with Crippen LogP contribution in [-0.2, 0) is 4.74 Å². The topological polar surface area (TPSA) is 69.4 Å². The van der Waals surface area contributed by atoms with Gasteiger partial charge in [-0.05, 0) is 43.7 Å². The first kappa shape index (κ1) is 15.8. The Hall–Kier alpha value is -1.62. The molecular weight excluding hydrogens is 294 g/mol. The lowest BCUT2D eigenvalue weighted by molar-refractivity contribution is -0.385. The third-order valence-corrected chi connectivity index (χ3v) is 4.23. The first-order valence-corrected chi connectivity index (χ1v) is 7.55. The van der Waals surface area contributed by atoms with E-state index in [1.165, 1.54) is 18.2 Å². The molecule has 1 fully saturated rings. The highest BCUT2D eigenvalue weighted by Crippen LogP contribution is 2.31. The molecule has 1 aromatic carbocycles. The van der Waals surface area contributed by atoms with Crippen molar-refractivity contribution in [3.63, 3.8) is 0 Å². The maximum absolute atomic E-state index is 12.3. The van der Waals surface area contributed by atoms with E-state index in [0.717, 1.165) is 32.1 Å². The van der Waals surface area contributed by atoms with Crippen LogP contribution in [0.4, 0.5) is 5.69 Å². The van der Waals surface area contributed by atoms with Crippen LogP contribution in [0.25, 0.3) is 0 Å². The molecule has 0 aliphatic heterocycles. The Kier molecular flexibility index (Phi) is 5.17. The number of ether oxygens (including phenoxy) is 1. The third-order valence-electron chi connectivity index (χ3n) is 4.00. The van der Waals surface area contributed by atoms with E-state index in [0.29, 0.717) is 5.92 Å². The van der Waals surface area contributed by atoms with Crippen molar-refractivity contribution in [1.82, 2.24) is 0 Å². The summed E-state index contributed by atoms with van der Waals surface area (Å²) in [4.78, 5) is 22.7. The van der Waals surface area contributed by atoms with Gasteiger partial charge in [-0.25, -0.2) is 4.79 Å². The van der Waals surface area contributed by atoms with E-state index < -0.39 is 10.9 Å². The van der Waals surface area contributed by atoms with Gasteiger partial charge in [-0.1, -0.05) is 24.9 Å². The number of halogens is 1. The van der Waals surface area contributed by atoms with Gasteiger partial charge < -0.3 is 4.74 Å². The Balaban J connectivity index is 2.19. The molecule has 2 rings (SSSR count). The molecule has 0 N–H and O–H groups in total. The fraction of sp³-hybridized carbons (Fsp3) is 0.533. The number of nitro groups is 1. The molecule has 0 bridgehead atoms. The quantitative estimate of drug-likeness (QED) is 0.470. The maximum Gasteiger partial charge on any atom is 0.345 e. The molecule has 6 heteroatoms. The molecule has 0 radical (unpaired) electrons. The standard InChI is InChI=1S/C15H18ClNO4/c1-2-10-5-3-4-6-14(10)21-15(18)12-9-11(16)7-8-13(12)17(19)20/h7-10,14H,2-6H2,1H3. The van der Waals surface area contributed by atoms with E-state index in [4.69, 9.17) is 16.3 Å². The van der Waals surface area contributed by atoms with Crippen LogP contribution in [0.1, 0.15) is 49.4 Å². The molecule has 2 atom stereocenters. The third kappa shape index (κ3) is 3.73. The zero-order valence-electron chi connectivity index (χ0n) is 11.9. The molecule has 2 unspecified atom stereocenters. The summed E-state index contributed by atoms with van der Waals surface area (Å²) in [5.41, 5.74) is -0.346. The van der Waals surface area contributed by atoms with Gasteiger partial charge in [0, 0.05) is 11.1 Å². The summed E-state index contributed by atoms with van der Waals surface area (Å²) in [7, 11) is 0. The van der Waals surface area contributed by atoms with Gasteiger partial charge >= 0.3 is 5.97 Å². The second kappa shape index (κ2) is 6.89. The summed E-state index contributed by atoms with van der Waals surface area (Å²) < 4.78 is 5.52. The lowest BCUT2D eigenvalue weighted by Crippen LogP contribution is -2.30. The van der Waals surface area contributed by atoms with Crippen molar-refractivity contribution in [2.45, 2.75) is 45.1 Å². The minimum absolute atomic E-state index is 0.0760. The predicted molar refractivity (Wildman–Crippen MR) is 79.6 cm³/mol. The van der Waals surface area contributed by atoms with Crippen molar-refractivity contribution >= 4 is 23.3 Å². The van der Waals surface area contributed by atoms with E-state index in [2.05, 4.69) is 6.92 Å². The van der Waals surface area contributed by atoms with Gasteiger partial charge in [0.15, 0.2) is 0 Å². The van der Waals surface area contributed by atoms with E-state index >= 15 is 0 Å². The van der Waals surface area contributed by atoms with Crippen molar-refractivity contribution in [3.8, 4) is 0 Å². The van der Waals surface area contributed by atoms with Crippen molar-refractivity contribution in [2.24, 2.45) is 5.92 Å². The van der Waals surface area contributed by atoms with Crippen LogP contribution in [0.2, 0.25) is 5.02 Å². The van der Waals surface area contributed by atoms with E-state index in [-0.39, 0.29) is 22.4 Å². The van der Waals surface area contributed by atoms with Gasteiger partial charge in [-0.2, -0.15) is 0 Å². The molecule has 1 saturated carbocycles. The van der Waals surface area contributed by atoms with E-state index in [9.17, 15) is 14.9 Å². The number of benzene rings is 1. The number of esters is 1. The smallest absolute Gasteiger partial charge is 0.345 e. The van der Waals surface area contributed by atoms with Gasteiger partial charge in [0.1, 0.15) is 11.7 Å². The van der Waals surface area contributed by atoms with Crippen LogP contribution < -0.4 is 0 Å². The molecule has 114 valence electrons. The Morgan fingerprint density at radius 3 is 2.81 bits per heavy atom. The molecule has 0 spiro atoms. The first-order chi connectivity index (χ1) is 10.0. The molecule has 0 heterocycles. The fourth-order valence-electron chi connectivity index (χ4n) is 2.83. The summed E-state index contributed by atoms with van der Waals surface area (Å²) in [6.07, 6.45) is 4.80. The monoisotopic (exact) mass is 311 g/mol. The Labute approximate surface area is 128 Å². The van der Waals surface area contributed by atoms with E-state index in [1.54, 1.807) is 0 Å². The highest BCUT2D eigenvalue weighted by atomic mass is 35.5. The molecule has 1 aromatic rings. The number of nitro benzene ring substituents is 1. The van der Waals surface area contributed by atoms with Gasteiger partial charge in [0.25, 0.3) is 5.69 Å². The van der Waals surface area contributed by atoms with Crippen LogP contribution >= 0.6 is 11.6 Å². The van der Waals surface area contributed by atoms with Gasteiger partial charge in [-0.3, -0.25) is 10.1 Å². The SMILES string of the molecule is CCC1CCCCC1OC(=O)c1cc(Cl)ccc1[N+](=O)[O-]. The number of nitrogens with zero attached hydrogens (tertiary/aromatic N) is 1. The minimum Gasteiger partial charge on any atom is -0.458 e. The lowest BCUT2D eigenvalue weighted by atomic mass is 9.85. The average Bonchev–Trinajstić information content (AvgIpc) is 2.47. The van der Waals surface area contributed by atoms with Crippen molar-refractivity contribution < 1.29 is 14.5 Å². The second-order valence-electron chi connectivity index (χ2n) is 5.32. The summed E-state index contributed by atoms with van der Waals surface area (Å²) in [6.45, 7) is 2.07. The lowest BCUT2D eigenvalue weighted by Gasteiger charge is -2.30. The van der Waals surface area contributed by atoms with Crippen LogP contribution in [0.5, 0.6) is 0 Å².